The third-order valence-corrected chi connectivity index (χ3v) is 6.02. The largest absolute Gasteiger partial charge is 0.496 e. The predicted molar refractivity (Wildman–Crippen MR) is 129 cm³/mol. The third kappa shape index (κ3) is 6.24. The molecule has 0 saturated heterocycles. The highest BCUT2D eigenvalue weighted by Gasteiger charge is 2.27. The minimum absolute atomic E-state index is 0.172. The van der Waals surface area contributed by atoms with Gasteiger partial charge in [-0.3, -0.25) is 25.0 Å². The quantitative estimate of drug-likeness (QED) is 0.141. The number of nitrogens with zero attached hydrogens (tertiary/aromatic N) is 3. The summed E-state index contributed by atoms with van der Waals surface area (Å²) in [6, 6.07) is 15.3. The Balaban J connectivity index is 1.88. The molecule has 14 heteroatoms. The van der Waals surface area contributed by atoms with Crippen LogP contribution in [0.1, 0.15) is 5.56 Å². The van der Waals surface area contributed by atoms with Gasteiger partial charge in [-0.15, -0.1) is 0 Å². The van der Waals surface area contributed by atoms with Gasteiger partial charge in [-0.1, -0.05) is 24.3 Å². The van der Waals surface area contributed by atoms with Crippen LogP contribution in [-0.4, -0.2) is 31.3 Å². The number of amides is 1. The fraction of sp³-hybridized carbons (Fsp3) is 0.0435. The fourth-order valence-corrected chi connectivity index (χ4v) is 4.14. The molecule has 13 nitrogen and oxygen atoms in total. The zero-order valence-electron chi connectivity index (χ0n) is 18.9. The monoisotopic (exact) mass is 524 g/mol. The second-order valence-electron chi connectivity index (χ2n) is 7.10. The summed E-state index contributed by atoms with van der Waals surface area (Å²) < 4.78 is 35.2. The van der Waals surface area contributed by atoms with E-state index in [-0.39, 0.29) is 22.7 Å². The van der Waals surface area contributed by atoms with Gasteiger partial charge in [-0.05, 0) is 42.0 Å². The standard InChI is InChI=1S/C23H16N4O9S/c1-35-17-9-10-19(21(13-17)27(31)32)25-23(28)16(14-24)11-15-5-4-6-18(12-15)36-37(33,34)22-8-3-2-7-20(22)26(29)30/h2-13H,1H3,(H,25,28)/b16-11+. The molecular weight excluding hydrogens is 508 g/mol. The average molecular weight is 524 g/mol. The van der Waals surface area contributed by atoms with Crippen molar-refractivity contribution < 1.29 is 32.0 Å². The maximum atomic E-state index is 12.6. The van der Waals surface area contributed by atoms with Crippen molar-refractivity contribution in [2.45, 2.75) is 4.90 Å². The Kier molecular flexibility index (Phi) is 7.80. The molecule has 0 radical (unpaired) electrons. The van der Waals surface area contributed by atoms with Gasteiger partial charge in [0.1, 0.15) is 28.8 Å². The number of rotatable bonds is 9. The Morgan fingerprint density at radius 3 is 2.32 bits per heavy atom. The molecule has 3 rings (SSSR count). The Hall–Kier alpha value is -5.29. The number of nitro groups is 2. The summed E-state index contributed by atoms with van der Waals surface area (Å²) in [5.41, 5.74) is -1.59. The normalized spacial score (nSPS) is 11.2. The van der Waals surface area contributed by atoms with E-state index in [2.05, 4.69) is 5.32 Å². The molecule has 3 aromatic rings. The van der Waals surface area contributed by atoms with Crippen molar-refractivity contribution in [1.29, 1.82) is 5.26 Å². The van der Waals surface area contributed by atoms with E-state index in [0.29, 0.717) is 0 Å². The van der Waals surface area contributed by atoms with E-state index in [1.165, 1.54) is 55.6 Å². The zero-order chi connectivity index (χ0) is 27.2. The highest BCUT2D eigenvalue weighted by Crippen LogP contribution is 2.30. The van der Waals surface area contributed by atoms with Crippen molar-refractivity contribution in [2.75, 3.05) is 12.4 Å². The molecule has 0 spiro atoms. The fourth-order valence-electron chi connectivity index (χ4n) is 3.05. The number of hydrogen-bond acceptors (Lipinski definition) is 10. The van der Waals surface area contributed by atoms with Gasteiger partial charge in [0.2, 0.25) is 0 Å². The van der Waals surface area contributed by atoms with Gasteiger partial charge in [0.05, 0.1) is 23.0 Å². The van der Waals surface area contributed by atoms with Gasteiger partial charge < -0.3 is 14.2 Å². The van der Waals surface area contributed by atoms with Gasteiger partial charge in [0, 0.05) is 6.07 Å². The number of methoxy groups -OCH3 is 1. The number of carbonyl (C=O) groups is 1. The molecule has 37 heavy (non-hydrogen) atoms. The number of nitriles is 1. The first-order chi connectivity index (χ1) is 17.6. The topological polar surface area (TPSA) is 192 Å². The molecule has 0 saturated carbocycles. The minimum Gasteiger partial charge on any atom is -0.496 e. The number of carbonyl (C=O) groups excluding carboxylic acids is 1. The number of anilines is 1. The van der Waals surface area contributed by atoms with Gasteiger partial charge >= 0.3 is 10.1 Å². The predicted octanol–water partition coefficient (Wildman–Crippen LogP) is 3.82. The van der Waals surface area contributed by atoms with Gasteiger partial charge in [-0.25, -0.2) is 0 Å². The van der Waals surface area contributed by atoms with Crippen molar-refractivity contribution in [2.24, 2.45) is 0 Å². The first-order valence-electron chi connectivity index (χ1n) is 10.1. The lowest BCUT2D eigenvalue weighted by molar-refractivity contribution is -0.387. The molecule has 0 bridgehead atoms. The molecule has 0 aliphatic rings. The molecule has 0 atom stereocenters. The highest BCUT2D eigenvalue weighted by atomic mass is 32.2. The van der Waals surface area contributed by atoms with Crippen LogP contribution in [0.25, 0.3) is 6.08 Å². The molecule has 0 aliphatic heterocycles. The number of ether oxygens (including phenoxy) is 1. The maximum absolute atomic E-state index is 12.6. The summed E-state index contributed by atoms with van der Waals surface area (Å²) in [4.78, 5) is 32.9. The molecule has 0 fully saturated rings. The maximum Gasteiger partial charge on any atom is 0.346 e. The van der Waals surface area contributed by atoms with E-state index in [9.17, 15) is 38.7 Å². The first-order valence-corrected chi connectivity index (χ1v) is 11.5. The van der Waals surface area contributed by atoms with E-state index < -0.39 is 47.7 Å². The SMILES string of the molecule is COc1ccc(NC(=O)/C(C#N)=C/c2cccc(OS(=O)(=O)c3ccccc3[N+](=O)[O-])c2)c([N+](=O)[O-])c1. The Morgan fingerprint density at radius 1 is 0.973 bits per heavy atom. The van der Waals surface area contributed by atoms with Crippen molar-refractivity contribution in [1.82, 2.24) is 0 Å². The van der Waals surface area contributed by atoms with Crippen molar-refractivity contribution in [3.05, 3.63) is 98.1 Å². The zero-order valence-corrected chi connectivity index (χ0v) is 19.7. The second-order valence-corrected chi connectivity index (χ2v) is 8.61. The molecule has 188 valence electrons. The Morgan fingerprint density at radius 2 is 1.68 bits per heavy atom. The number of hydrogen-bond donors (Lipinski definition) is 1. The third-order valence-electron chi connectivity index (χ3n) is 4.72. The minimum atomic E-state index is -4.60. The highest BCUT2D eigenvalue weighted by molar-refractivity contribution is 7.87. The Bertz CT molecular complexity index is 1580. The van der Waals surface area contributed by atoms with E-state index in [1.807, 2.05) is 0 Å². The van der Waals surface area contributed by atoms with Crippen LogP contribution in [0.3, 0.4) is 0 Å². The van der Waals surface area contributed by atoms with Crippen molar-refractivity contribution in [3.63, 3.8) is 0 Å². The van der Waals surface area contributed by atoms with E-state index >= 15 is 0 Å². The Labute approximate surface area is 209 Å². The number of nitrogens with one attached hydrogen (secondary N) is 1. The molecule has 1 amide bonds. The molecule has 0 aliphatic carbocycles. The lowest BCUT2D eigenvalue weighted by Crippen LogP contribution is -2.14. The van der Waals surface area contributed by atoms with E-state index in [0.717, 1.165) is 24.3 Å². The van der Waals surface area contributed by atoms with Crippen molar-refractivity contribution in [3.8, 4) is 17.6 Å². The van der Waals surface area contributed by atoms with Crippen LogP contribution >= 0.6 is 0 Å². The summed E-state index contributed by atoms with van der Waals surface area (Å²) in [5.74, 6) is -1.02. The molecule has 3 aromatic carbocycles. The van der Waals surface area contributed by atoms with Gasteiger partial charge in [-0.2, -0.15) is 13.7 Å². The summed E-state index contributed by atoms with van der Waals surface area (Å²) >= 11 is 0. The molecule has 0 unspecified atom stereocenters. The van der Waals surface area contributed by atoms with Gasteiger partial charge in [0.25, 0.3) is 17.3 Å². The summed E-state index contributed by atoms with van der Waals surface area (Å²) in [5, 5.41) is 34.3. The number of benzene rings is 3. The summed E-state index contributed by atoms with van der Waals surface area (Å²) in [7, 11) is -3.28. The number of para-hydroxylation sites is 1. The lowest BCUT2D eigenvalue weighted by atomic mass is 10.1. The van der Waals surface area contributed by atoms with Crippen LogP contribution in [0, 0.1) is 31.6 Å². The molecule has 0 heterocycles. The van der Waals surface area contributed by atoms with E-state index in [4.69, 9.17) is 8.92 Å². The van der Waals surface area contributed by atoms with Gasteiger partial charge in [0.15, 0.2) is 4.90 Å². The van der Waals surface area contributed by atoms with Crippen LogP contribution in [0.4, 0.5) is 17.1 Å². The smallest absolute Gasteiger partial charge is 0.346 e. The van der Waals surface area contributed by atoms with Crippen LogP contribution in [-0.2, 0) is 14.9 Å². The van der Waals surface area contributed by atoms with Crippen LogP contribution in [0.15, 0.2) is 77.2 Å². The van der Waals surface area contributed by atoms with Crippen LogP contribution < -0.4 is 14.2 Å². The van der Waals surface area contributed by atoms with Crippen molar-refractivity contribution >= 4 is 39.2 Å². The molecule has 0 aromatic heterocycles. The van der Waals surface area contributed by atoms with E-state index in [1.54, 1.807) is 6.07 Å². The molecule has 1 N–H and O–H groups in total. The molecular formula is C23H16N4O9S. The number of nitro benzene ring substituents is 2. The lowest BCUT2D eigenvalue weighted by Gasteiger charge is -2.09. The summed E-state index contributed by atoms with van der Waals surface area (Å²) in [6.45, 7) is 0. The second kappa shape index (κ2) is 11.0. The average Bonchev–Trinajstić information content (AvgIpc) is 2.87. The van der Waals surface area contributed by atoms with Crippen LogP contribution in [0.5, 0.6) is 11.5 Å². The summed E-state index contributed by atoms with van der Waals surface area (Å²) in [6.07, 6.45) is 1.11. The van der Waals surface area contributed by atoms with Crippen LogP contribution in [0.2, 0.25) is 0 Å². The first kappa shape index (κ1) is 26.3.